The minimum Gasteiger partial charge on any atom is -0.330 e. The first-order valence-corrected chi connectivity index (χ1v) is 6.66. The summed E-state index contributed by atoms with van der Waals surface area (Å²) in [6, 6.07) is 0.657. The van der Waals surface area contributed by atoms with Crippen LogP contribution in [-0.2, 0) is 13.1 Å². The standard InChI is InChI=1S/C13H24N4/c1-3-17-10-11(8-15-17)9-16(2)13-6-4-5-12(13)7-14/h8,10,12-13H,3-7,9,14H2,1-2H3. The normalized spacial score (nSPS) is 24.7. The van der Waals surface area contributed by atoms with E-state index in [0.717, 1.165) is 19.6 Å². The topological polar surface area (TPSA) is 47.1 Å². The second-order valence-electron chi connectivity index (χ2n) is 5.11. The summed E-state index contributed by atoms with van der Waals surface area (Å²) in [4.78, 5) is 2.45. The summed E-state index contributed by atoms with van der Waals surface area (Å²) < 4.78 is 1.98. The third kappa shape index (κ3) is 2.87. The zero-order valence-electron chi connectivity index (χ0n) is 11.0. The second kappa shape index (κ2) is 5.65. The molecule has 2 rings (SSSR count). The lowest BCUT2D eigenvalue weighted by molar-refractivity contribution is 0.193. The molecule has 1 aromatic rings. The van der Waals surface area contributed by atoms with Gasteiger partial charge in [0.2, 0.25) is 0 Å². The molecule has 2 N–H and O–H groups in total. The first kappa shape index (κ1) is 12.6. The zero-order chi connectivity index (χ0) is 12.3. The van der Waals surface area contributed by atoms with E-state index >= 15 is 0 Å². The average molecular weight is 236 g/mol. The third-order valence-electron chi connectivity index (χ3n) is 3.93. The summed E-state index contributed by atoms with van der Waals surface area (Å²) in [5, 5.41) is 4.32. The maximum absolute atomic E-state index is 5.84. The van der Waals surface area contributed by atoms with Gasteiger partial charge >= 0.3 is 0 Å². The molecule has 1 saturated carbocycles. The van der Waals surface area contributed by atoms with Crippen LogP contribution in [0.5, 0.6) is 0 Å². The Labute approximate surface area is 104 Å². The van der Waals surface area contributed by atoms with Crippen LogP contribution in [0.3, 0.4) is 0 Å². The third-order valence-corrected chi connectivity index (χ3v) is 3.93. The molecular formula is C13H24N4. The average Bonchev–Trinajstić information content (AvgIpc) is 2.96. The van der Waals surface area contributed by atoms with Gasteiger partial charge in [0, 0.05) is 30.9 Å². The van der Waals surface area contributed by atoms with Crippen molar-refractivity contribution in [2.75, 3.05) is 13.6 Å². The molecule has 2 atom stereocenters. The number of aryl methyl sites for hydroxylation is 1. The van der Waals surface area contributed by atoms with E-state index in [-0.39, 0.29) is 0 Å². The maximum atomic E-state index is 5.84. The highest BCUT2D eigenvalue weighted by atomic mass is 15.3. The number of hydrogen-bond donors (Lipinski definition) is 1. The Morgan fingerprint density at radius 3 is 3.00 bits per heavy atom. The Morgan fingerprint density at radius 2 is 2.35 bits per heavy atom. The van der Waals surface area contributed by atoms with Crippen LogP contribution in [0.25, 0.3) is 0 Å². The van der Waals surface area contributed by atoms with Gasteiger partial charge in [-0.25, -0.2) is 0 Å². The molecule has 1 aliphatic carbocycles. The second-order valence-corrected chi connectivity index (χ2v) is 5.11. The van der Waals surface area contributed by atoms with Gasteiger partial charge in [-0.3, -0.25) is 9.58 Å². The van der Waals surface area contributed by atoms with Gasteiger partial charge in [-0.05, 0) is 39.3 Å². The van der Waals surface area contributed by atoms with E-state index in [1.54, 1.807) is 0 Å². The highest BCUT2D eigenvalue weighted by Crippen LogP contribution is 2.29. The molecule has 96 valence electrons. The largest absolute Gasteiger partial charge is 0.330 e. The SMILES string of the molecule is CCn1cc(CN(C)C2CCCC2CN)cn1. The molecule has 0 saturated heterocycles. The van der Waals surface area contributed by atoms with E-state index in [1.165, 1.54) is 24.8 Å². The molecule has 4 nitrogen and oxygen atoms in total. The van der Waals surface area contributed by atoms with E-state index in [0.29, 0.717) is 12.0 Å². The molecule has 2 unspecified atom stereocenters. The molecule has 4 heteroatoms. The molecule has 0 spiro atoms. The van der Waals surface area contributed by atoms with Crippen molar-refractivity contribution < 1.29 is 0 Å². The summed E-state index contributed by atoms with van der Waals surface area (Å²) >= 11 is 0. The molecule has 17 heavy (non-hydrogen) atoms. The number of rotatable bonds is 5. The van der Waals surface area contributed by atoms with Crippen LogP contribution < -0.4 is 5.73 Å². The summed E-state index contributed by atoms with van der Waals surface area (Å²) in [5.74, 6) is 0.682. The van der Waals surface area contributed by atoms with E-state index in [2.05, 4.69) is 30.2 Å². The van der Waals surface area contributed by atoms with E-state index in [9.17, 15) is 0 Å². The molecular weight excluding hydrogens is 212 g/mol. The van der Waals surface area contributed by atoms with Gasteiger partial charge in [-0.2, -0.15) is 5.10 Å². The van der Waals surface area contributed by atoms with Gasteiger partial charge in [0.05, 0.1) is 6.20 Å². The van der Waals surface area contributed by atoms with E-state index < -0.39 is 0 Å². The fourth-order valence-electron chi connectivity index (χ4n) is 2.94. The molecule has 0 aromatic carbocycles. The Kier molecular flexibility index (Phi) is 4.18. The summed E-state index contributed by atoms with van der Waals surface area (Å²) in [5.41, 5.74) is 7.14. The Hall–Kier alpha value is -0.870. The molecule has 0 radical (unpaired) electrons. The molecule has 0 amide bonds. The van der Waals surface area contributed by atoms with Gasteiger partial charge in [-0.15, -0.1) is 0 Å². The monoisotopic (exact) mass is 236 g/mol. The van der Waals surface area contributed by atoms with Gasteiger partial charge < -0.3 is 5.73 Å². The van der Waals surface area contributed by atoms with Crippen molar-refractivity contribution in [1.29, 1.82) is 0 Å². The van der Waals surface area contributed by atoms with Crippen LogP contribution in [0.1, 0.15) is 31.7 Å². The highest BCUT2D eigenvalue weighted by molar-refractivity contribution is 5.04. The van der Waals surface area contributed by atoms with Crippen molar-refractivity contribution in [3.05, 3.63) is 18.0 Å². The number of hydrogen-bond acceptors (Lipinski definition) is 3. The van der Waals surface area contributed by atoms with Crippen molar-refractivity contribution in [2.24, 2.45) is 11.7 Å². The Morgan fingerprint density at radius 1 is 1.53 bits per heavy atom. The van der Waals surface area contributed by atoms with Crippen molar-refractivity contribution in [1.82, 2.24) is 14.7 Å². The Balaban J connectivity index is 1.93. The van der Waals surface area contributed by atoms with E-state index in [4.69, 9.17) is 5.73 Å². The molecule has 1 aromatic heterocycles. The zero-order valence-corrected chi connectivity index (χ0v) is 11.0. The predicted molar refractivity (Wildman–Crippen MR) is 69.6 cm³/mol. The van der Waals surface area contributed by atoms with Crippen LogP contribution in [0.2, 0.25) is 0 Å². The van der Waals surface area contributed by atoms with Gasteiger partial charge in [0.25, 0.3) is 0 Å². The lowest BCUT2D eigenvalue weighted by atomic mass is 10.0. The molecule has 0 bridgehead atoms. The lowest BCUT2D eigenvalue weighted by Crippen LogP contribution is -2.37. The lowest BCUT2D eigenvalue weighted by Gasteiger charge is -2.28. The summed E-state index contributed by atoms with van der Waals surface area (Å²) in [6.07, 6.45) is 8.03. The fraction of sp³-hybridized carbons (Fsp3) is 0.769. The van der Waals surface area contributed by atoms with Crippen LogP contribution in [0.15, 0.2) is 12.4 Å². The number of nitrogens with zero attached hydrogens (tertiary/aromatic N) is 3. The van der Waals surface area contributed by atoms with Crippen LogP contribution in [0.4, 0.5) is 0 Å². The molecule has 0 aliphatic heterocycles. The minimum atomic E-state index is 0.657. The van der Waals surface area contributed by atoms with Gasteiger partial charge in [0.1, 0.15) is 0 Å². The van der Waals surface area contributed by atoms with Crippen molar-refractivity contribution >= 4 is 0 Å². The van der Waals surface area contributed by atoms with Crippen molar-refractivity contribution in [3.8, 4) is 0 Å². The van der Waals surface area contributed by atoms with Gasteiger partial charge in [0.15, 0.2) is 0 Å². The molecule has 1 heterocycles. The molecule has 1 fully saturated rings. The summed E-state index contributed by atoms with van der Waals surface area (Å²) in [6.45, 7) is 4.87. The smallest absolute Gasteiger partial charge is 0.0534 e. The first-order chi connectivity index (χ1) is 8.24. The van der Waals surface area contributed by atoms with Gasteiger partial charge in [-0.1, -0.05) is 6.42 Å². The number of nitrogens with two attached hydrogens (primary N) is 1. The minimum absolute atomic E-state index is 0.657. The van der Waals surface area contributed by atoms with Crippen LogP contribution >= 0.6 is 0 Å². The quantitative estimate of drug-likeness (QED) is 0.842. The van der Waals surface area contributed by atoms with Crippen molar-refractivity contribution in [3.63, 3.8) is 0 Å². The highest BCUT2D eigenvalue weighted by Gasteiger charge is 2.29. The van der Waals surface area contributed by atoms with E-state index in [1.807, 2.05) is 10.9 Å². The Bertz CT molecular complexity index is 347. The van der Waals surface area contributed by atoms with Crippen molar-refractivity contribution in [2.45, 2.75) is 45.3 Å². The number of aromatic nitrogens is 2. The van der Waals surface area contributed by atoms with Crippen LogP contribution in [-0.4, -0.2) is 34.3 Å². The predicted octanol–water partition coefficient (Wildman–Crippen LogP) is 1.46. The molecule has 1 aliphatic rings. The fourth-order valence-corrected chi connectivity index (χ4v) is 2.94. The maximum Gasteiger partial charge on any atom is 0.0534 e. The summed E-state index contributed by atoms with van der Waals surface area (Å²) in [7, 11) is 2.21. The first-order valence-electron chi connectivity index (χ1n) is 6.66. The van der Waals surface area contributed by atoms with Crippen LogP contribution in [0, 0.1) is 5.92 Å².